The zero-order valence-corrected chi connectivity index (χ0v) is 26.3. The van der Waals surface area contributed by atoms with Crippen LogP contribution in [0.15, 0.2) is 140 Å². The average molecular weight is 597 g/mol. The van der Waals surface area contributed by atoms with Crippen LogP contribution in [0.2, 0.25) is 0 Å². The molecule has 0 unspecified atom stereocenters. The minimum Gasteiger partial charge on any atom is -0.458 e. The van der Waals surface area contributed by atoms with Crippen LogP contribution in [0.25, 0.3) is 64.6 Å². The molecule has 1 nitrogen and oxygen atoms in total. The first-order valence-electron chi connectivity index (χ1n) is 16.6. The van der Waals surface area contributed by atoms with E-state index in [0.29, 0.717) is 0 Å². The molecule has 0 spiro atoms. The molecule has 0 aliphatic carbocycles. The van der Waals surface area contributed by atoms with Gasteiger partial charge >= 0.3 is 0 Å². The molecule has 9 aromatic carbocycles. The molecule has 0 aromatic heterocycles. The minimum absolute atomic E-state index is 0.0669. The summed E-state index contributed by atoms with van der Waals surface area (Å²) >= 11 is 0. The Hall–Kier alpha value is -5.60. The van der Waals surface area contributed by atoms with Crippen molar-refractivity contribution in [2.24, 2.45) is 0 Å². The van der Waals surface area contributed by atoms with Gasteiger partial charge in [-0.15, -0.1) is 0 Å². The van der Waals surface area contributed by atoms with Crippen LogP contribution >= 0.6 is 0 Å². The quantitative estimate of drug-likeness (QED) is 0.125. The number of ether oxygens (including phenoxy) is 1. The first kappa shape index (κ1) is 25.6. The van der Waals surface area contributed by atoms with Gasteiger partial charge in [-0.2, -0.15) is 0 Å². The Morgan fingerprint density at radius 2 is 0.872 bits per heavy atom. The largest absolute Gasteiger partial charge is 0.458 e. The summed E-state index contributed by atoms with van der Waals surface area (Å²) in [7, 11) is 0. The van der Waals surface area contributed by atoms with Crippen LogP contribution in [-0.2, 0) is 5.41 Å². The molecule has 47 heavy (non-hydrogen) atoms. The number of rotatable bonds is 0. The summed E-state index contributed by atoms with van der Waals surface area (Å²) in [4.78, 5) is 0. The van der Waals surface area contributed by atoms with E-state index in [1.165, 1.54) is 92.2 Å². The van der Waals surface area contributed by atoms with E-state index < -0.39 is 0 Å². The first-order valence-corrected chi connectivity index (χ1v) is 16.6. The fraction of sp³-hybridized carbons (Fsp3) is 0.0667. The Balaban J connectivity index is 1.35. The SMILES string of the molecule is CC1(C)c2ccccc2B2c3cc4c5ccccc5c5ccccc5c4cc3Oc3cc4c5ccccc5c5ccccc5c4c1c32. The molecule has 0 fully saturated rings. The van der Waals surface area contributed by atoms with Crippen molar-refractivity contribution in [1.82, 2.24) is 0 Å². The van der Waals surface area contributed by atoms with Crippen LogP contribution in [0.1, 0.15) is 25.0 Å². The lowest BCUT2D eigenvalue weighted by Gasteiger charge is -2.42. The van der Waals surface area contributed by atoms with E-state index in [-0.39, 0.29) is 12.1 Å². The second kappa shape index (κ2) is 8.81. The Bertz CT molecular complexity index is 2860. The Labute approximate surface area is 273 Å². The lowest BCUT2D eigenvalue weighted by molar-refractivity contribution is 0.486. The summed E-state index contributed by atoms with van der Waals surface area (Å²) in [6, 6.07) is 51.8. The third kappa shape index (κ3) is 3.16. The van der Waals surface area contributed by atoms with Gasteiger partial charge in [-0.1, -0.05) is 147 Å². The lowest BCUT2D eigenvalue weighted by atomic mass is 9.30. The van der Waals surface area contributed by atoms with Crippen LogP contribution in [0, 0.1) is 0 Å². The van der Waals surface area contributed by atoms with Gasteiger partial charge in [0.15, 0.2) is 0 Å². The van der Waals surface area contributed by atoms with Crippen molar-refractivity contribution in [3.63, 3.8) is 0 Å². The van der Waals surface area contributed by atoms with Gasteiger partial charge in [-0.05, 0) is 98.8 Å². The summed E-state index contributed by atoms with van der Waals surface area (Å²) in [6.07, 6.45) is 0. The van der Waals surface area contributed by atoms with Crippen LogP contribution in [0.4, 0.5) is 0 Å². The van der Waals surface area contributed by atoms with E-state index in [1.54, 1.807) is 0 Å². The van der Waals surface area contributed by atoms with Crippen LogP contribution < -0.4 is 21.1 Å². The molecule has 2 aliphatic heterocycles. The Morgan fingerprint density at radius 3 is 1.49 bits per heavy atom. The highest BCUT2D eigenvalue weighted by Crippen LogP contribution is 2.47. The monoisotopic (exact) mass is 596 g/mol. The molecule has 0 N–H and O–H groups in total. The number of hydrogen-bond donors (Lipinski definition) is 0. The van der Waals surface area contributed by atoms with Gasteiger partial charge in [0.2, 0.25) is 0 Å². The summed E-state index contributed by atoms with van der Waals surface area (Å²) in [5, 5.41) is 15.4. The smallest absolute Gasteiger partial charge is 0.251 e. The number of fused-ring (bicyclic) bond motifs is 17. The van der Waals surface area contributed by atoms with Crippen molar-refractivity contribution < 1.29 is 4.74 Å². The van der Waals surface area contributed by atoms with Gasteiger partial charge in [0.25, 0.3) is 6.71 Å². The van der Waals surface area contributed by atoms with Crippen molar-refractivity contribution >= 4 is 87.7 Å². The van der Waals surface area contributed by atoms with Gasteiger partial charge in [0.05, 0.1) is 0 Å². The molecule has 0 bridgehead atoms. The van der Waals surface area contributed by atoms with Gasteiger partial charge in [0, 0.05) is 5.41 Å². The molecule has 9 aromatic rings. The molecular weight excluding hydrogens is 567 g/mol. The maximum Gasteiger partial charge on any atom is 0.251 e. The molecule has 0 amide bonds. The van der Waals surface area contributed by atoms with Crippen molar-refractivity contribution in [3.05, 3.63) is 151 Å². The molecule has 218 valence electrons. The normalized spacial score (nSPS) is 14.5. The zero-order chi connectivity index (χ0) is 31.0. The maximum absolute atomic E-state index is 7.17. The van der Waals surface area contributed by atoms with E-state index in [9.17, 15) is 0 Å². The lowest BCUT2D eigenvalue weighted by Crippen LogP contribution is -2.62. The predicted molar refractivity (Wildman–Crippen MR) is 201 cm³/mol. The van der Waals surface area contributed by atoms with Gasteiger partial charge < -0.3 is 4.74 Å². The molecule has 11 rings (SSSR count). The second-order valence-corrected chi connectivity index (χ2v) is 14.0. The number of hydrogen-bond acceptors (Lipinski definition) is 1. The van der Waals surface area contributed by atoms with Gasteiger partial charge in [0.1, 0.15) is 11.5 Å². The van der Waals surface area contributed by atoms with E-state index in [4.69, 9.17) is 4.74 Å². The highest BCUT2D eigenvalue weighted by molar-refractivity contribution is 6.98. The van der Waals surface area contributed by atoms with Crippen LogP contribution in [-0.4, -0.2) is 6.71 Å². The van der Waals surface area contributed by atoms with E-state index >= 15 is 0 Å². The Morgan fingerprint density at radius 1 is 0.426 bits per heavy atom. The standard InChI is InChI=1S/C45H29BO/c1-45(2)37-21-11-12-22-38(37)46-39-23-34-30-17-6-3-13-26(30)27-14-4-7-18-31(27)35(34)24-40(39)47-41-25-36-32-19-8-5-15-28(32)29-16-9-10-20-33(29)42(36)43(45)44(41)46/h3-25H,1-2H3. The molecular formula is C45H29BO. The van der Waals surface area contributed by atoms with Crippen LogP contribution in [0.5, 0.6) is 11.5 Å². The number of benzene rings is 9. The van der Waals surface area contributed by atoms with Crippen molar-refractivity contribution in [2.75, 3.05) is 0 Å². The molecule has 2 aliphatic rings. The molecule has 0 atom stereocenters. The van der Waals surface area contributed by atoms with E-state index in [1.807, 2.05) is 0 Å². The second-order valence-electron chi connectivity index (χ2n) is 14.0. The minimum atomic E-state index is -0.234. The molecule has 0 saturated carbocycles. The first-order chi connectivity index (χ1) is 23.1. The molecule has 2 heteroatoms. The van der Waals surface area contributed by atoms with Crippen LogP contribution in [0.3, 0.4) is 0 Å². The van der Waals surface area contributed by atoms with Crippen molar-refractivity contribution in [3.8, 4) is 11.5 Å². The van der Waals surface area contributed by atoms with Crippen molar-refractivity contribution in [1.29, 1.82) is 0 Å². The maximum atomic E-state index is 7.17. The van der Waals surface area contributed by atoms with Gasteiger partial charge in [-0.25, -0.2) is 0 Å². The third-order valence-corrected chi connectivity index (χ3v) is 11.3. The van der Waals surface area contributed by atoms with Gasteiger partial charge in [-0.3, -0.25) is 0 Å². The average Bonchev–Trinajstić information content (AvgIpc) is 3.12. The van der Waals surface area contributed by atoms with Crippen molar-refractivity contribution in [2.45, 2.75) is 19.3 Å². The zero-order valence-electron chi connectivity index (χ0n) is 26.3. The highest BCUT2D eigenvalue weighted by atomic mass is 16.5. The third-order valence-electron chi connectivity index (χ3n) is 11.3. The Kier molecular flexibility index (Phi) is 4.79. The topological polar surface area (TPSA) is 9.23 Å². The highest BCUT2D eigenvalue weighted by Gasteiger charge is 2.46. The summed E-state index contributed by atoms with van der Waals surface area (Å²) in [5.74, 6) is 1.94. The summed E-state index contributed by atoms with van der Waals surface area (Å²) in [6.45, 7) is 4.89. The molecule has 0 radical (unpaired) electrons. The van der Waals surface area contributed by atoms with E-state index in [2.05, 4.69) is 153 Å². The predicted octanol–water partition coefficient (Wildman–Crippen LogP) is 9.87. The fourth-order valence-corrected chi connectivity index (χ4v) is 9.39. The molecule has 2 heterocycles. The fourth-order valence-electron chi connectivity index (χ4n) is 9.39. The molecule has 0 saturated heterocycles. The van der Waals surface area contributed by atoms with E-state index in [0.717, 1.165) is 11.5 Å². The summed E-state index contributed by atoms with van der Waals surface area (Å²) in [5.41, 5.74) is 6.50. The summed E-state index contributed by atoms with van der Waals surface area (Å²) < 4.78 is 7.17.